The quantitative estimate of drug-likeness (QED) is 0.662. The summed E-state index contributed by atoms with van der Waals surface area (Å²) < 4.78 is 25.6. The van der Waals surface area contributed by atoms with Crippen molar-refractivity contribution in [2.24, 2.45) is 5.73 Å². The topological polar surface area (TPSA) is 75.4 Å². The lowest BCUT2D eigenvalue weighted by atomic mass is 10.2. The van der Waals surface area contributed by atoms with Gasteiger partial charge in [-0.2, -0.15) is 4.31 Å². The second-order valence-electron chi connectivity index (χ2n) is 4.51. The molecule has 0 bridgehead atoms. The van der Waals surface area contributed by atoms with Gasteiger partial charge in [-0.05, 0) is 19.8 Å². The molecule has 1 aliphatic carbocycles. The smallest absolute Gasteiger partial charge is 0.221 e. The van der Waals surface area contributed by atoms with Gasteiger partial charge in [-0.25, -0.2) is 8.42 Å². The molecule has 0 aromatic heterocycles. The lowest BCUT2D eigenvalue weighted by Crippen LogP contribution is -2.54. The van der Waals surface area contributed by atoms with Crippen LogP contribution < -0.4 is 11.1 Å². The van der Waals surface area contributed by atoms with E-state index in [0.29, 0.717) is 13.1 Å². The largest absolute Gasteiger partial charge is 0.326 e. The fourth-order valence-electron chi connectivity index (χ4n) is 2.21. The third-order valence-corrected chi connectivity index (χ3v) is 6.35. The maximum atomic E-state index is 12.3. The van der Waals surface area contributed by atoms with Gasteiger partial charge in [-0.15, -0.1) is 0 Å². The fraction of sp³-hybridized carbons (Fsp3) is 1.00. The van der Waals surface area contributed by atoms with Crippen molar-refractivity contribution in [3.63, 3.8) is 0 Å². The van der Waals surface area contributed by atoms with Crippen LogP contribution in [0.25, 0.3) is 0 Å². The molecule has 1 aliphatic heterocycles. The molecule has 88 valence electrons. The number of piperazine rings is 1. The van der Waals surface area contributed by atoms with Crippen LogP contribution in [-0.4, -0.2) is 49.7 Å². The lowest BCUT2D eigenvalue weighted by Gasteiger charge is -2.32. The predicted octanol–water partition coefficient (Wildman–Crippen LogP) is -0.899. The van der Waals surface area contributed by atoms with Crippen LogP contribution in [0.5, 0.6) is 0 Å². The summed E-state index contributed by atoms with van der Waals surface area (Å²) in [4.78, 5) is 0. The fourth-order valence-corrected chi connectivity index (χ4v) is 4.48. The molecule has 0 aromatic rings. The third kappa shape index (κ3) is 1.69. The molecule has 0 radical (unpaired) electrons. The second kappa shape index (κ2) is 3.69. The van der Waals surface area contributed by atoms with E-state index >= 15 is 0 Å². The van der Waals surface area contributed by atoms with E-state index in [1.54, 1.807) is 11.2 Å². The van der Waals surface area contributed by atoms with Gasteiger partial charge in [0.15, 0.2) is 0 Å². The van der Waals surface area contributed by atoms with Crippen LogP contribution in [0.3, 0.4) is 0 Å². The van der Waals surface area contributed by atoms with Crippen LogP contribution in [0.2, 0.25) is 0 Å². The van der Waals surface area contributed by atoms with Crippen LogP contribution in [0.4, 0.5) is 0 Å². The average Bonchev–Trinajstić information content (AvgIpc) is 3.00. The summed E-state index contributed by atoms with van der Waals surface area (Å²) in [6.45, 7) is 4.45. The molecule has 1 saturated carbocycles. The first-order chi connectivity index (χ1) is 7.01. The average molecular weight is 233 g/mol. The molecule has 1 heterocycles. The van der Waals surface area contributed by atoms with Gasteiger partial charge in [0.25, 0.3) is 0 Å². The molecule has 3 N–H and O–H groups in total. The molecule has 2 fully saturated rings. The first kappa shape index (κ1) is 11.3. The van der Waals surface area contributed by atoms with Gasteiger partial charge in [0.05, 0.1) is 0 Å². The minimum atomic E-state index is -3.18. The molecule has 0 spiro atoms. The molecule has 5 nitrogen and oxygen atoms in total. The molecule has 2 rings (SSSR count). The van der Waals surface area contributed by atoms with Gasteiger partial charge in [0, 0.05) is 32.2 Å². The molecule has 1 saturated heterocycles. The highest BCUT2D eigenvalue weighted by Gasteiger charge is 2.59. The zero-order chi connectivity index (χ0) is 11.1. The molecule has 0 amide bonds. The van der Waals surface area contributed by atoms with Gasteiger partial charge in [0.2, 0.25) is 10.0 Å². The van der Waals surface area contributed by atoms with Gasteiger partial charge >= 0.3 is 0 Å². The Kier molecular flexibility index (Phi) is 2.79. The first-order valence-corrected chi connectivity index (χ1v) is 6.91. The van der Waals surface area contributed by atoms with Crippen molar-refractivity contribution in [2.75, 3.05) is 26.2 Å². The van der Waals surface area contributed by atoms with Crippen LogP contribution in [0.15, 0.2) is 0 Å². The van der Waals surface area contributed by atoms with E-state index in [0.717, 1.165) is 25.9 Å². The molecule has 2 aliphatic rings. The van der Waals surface area contributed by atoms with Crippen molar-refractivity contribution in [3.8, 4) is 0 Å². The van der Waals surface area contributed by atoms with E-state index in [1.807, 2.05) is 0 Å². The first-order valence-electron chi connectivity index (χ1n) is 5.47. The van der Waals surface area contributed by atoms with E-state index in [1.165, 1.54) is 0 Å². The zero-order valence-corrected chi connectivity index (χ0v) is 9.89. The maximum absolute atomic E-state index is 12.3. The normalized spacial score (nSPS) is 28.7. The Balaban J connectivity index is 2.19. The number of sulfonamides is 1. The Morgan fingerprint density at radius 3 is 2.27 bits per heavy atom. The summed E-state index contributed by atoms with van der Waals surface area (Å²) in [6.07, 6.45) is 1.44. The Hall–Kier alpha value is -0.170. The van der Waals surface area contributed by atoms with Gasteiger partial charge in [-0.1, -0.05) is 0 Å². The minimum Gasteiger partial charge on any atom is -0.326 e. The van der Waals surface area contributed by atoms with E-state index in [4.69, 9.17) is 5.73 Å². The number of hydrogen-bond acceptors (Lipinski definition) is 4. The van der Waals surface area contributed by atoms with Crippen LogP contribution in [0.1, 0.15) is 19.8 Å². The van der Waals surface area contributed by atoms with Gasteiger partial charge in [0.1, 0.15) is 4.75 Å². The monoisotopic (exact) mass is 233 g/mol. The number of hydrogen-bond donors (Lipinski definition) is 2. The number of nitrogens with one attached hydrogen (secondary N) is 1. The second-order valence-corrected chi connectivity index (χ2v) is 6.79. The summed E-state index contributed by atoms with van der Waals surface area (Å²) >= 11 is 0. The highest BCUT2D eigenvalue weighted by atomic mass is 32.2. The van der Waals surface area contributed by atoms with Gasteiger partial charge in [-0.3, -0.25) is 0 Å². The molecule has 1 atom stereocenters. The highest BCUT2D eigenvalue weighted by Crippen LogP contribution is 2.47. The molecule has 6 heteroatoms. The predicted molar refractivity (Wildman–Crippen MR) is 59.0 cm³/mol. The van der Waals surface area contributed by atoms with Crippen LogP contribution in [0, 0.1) is 0 Å². The SMILES string of the molecule is CC(N)C1(S(=O)(=O)N2CCNCC2)CC1. The van der Waals surface area contributed by atoms with Crippen molar-refractivity contribution >= 4 is 10.0 Å². The summed E-state index contributed by atoms with van der Waals surface area (Å²) in [6, 6.07) is -0.266. The Morgan fingerprint density at radius 2 is 1.87 bits per heavy atom. The molecule has 0 aromatic carbocycles. The summed E-state index contributed by atoms with van der Waals surface area (Å²) in [5.41, 5.74) is 5.80. The van der Waals surface area contributed by atoms with E-state index in [-0.39, 0.29) is 6.04 Å². The summed E-state index contributed by atoms with van der Waals surface area (Å²) in [7, 11) is -3.18. The molecule has 1 unspecified atom stereocenters. The van der Waals surface area contributed by atoms with Crippen molar-refractivity contribution in [1.82, 2.24) is 9.62 Å². The zero-order valence-electron chi connectivity index (χ0n) is 9.07. The molecular formula is C9H19N3O2S. The maximum Gasteiger partial charge on any atom is 0.221 e. The van der Waals surface area contributed by atoms with E-state index in [2.05, 4.69) is 5.32 Å². The minimum absolute atomic E-state index is 0.266. The molecular weight excluding hydrogens is 214 g/mol. The third-order valence-electron chi connectivity index (χ3n) is 3.50. The number of rotatable bonds is 3. The number of nitrogens with zero attached hydrogens (tertiary/aromatic N) is 1. The van der Waals surface area contributed by atoms with E-state index in [9.17, 15) is 8.42 Å². The summed E-state index contributed by atoms with van der Waals surface area (Å²) in [5, 5.41) is 3.15. The van der Waals surface area contributed by atoms with E-state index < -0.39 is 14.8 Å². The van der Waals surface area contributed by atoms with Crippen LogP contribution in [-0.2, 0) is 10.0 Å². The van der Waals surface area contributed by atoms with Crippen LogP contribution >= 0.6 is 0 Å². The Morgan fingerprint density at radius 1 is 1.33 bits per heavy atom. The van der Waals surface area contributed by atoms with Crippen molar-refractivity contribution < 1.29 is 8.42 Å². The Labute approximate surface area is 91.1 Å². The highest BCUT2D eigenvalue weighted by molar-refractivity contribution is 7.90. The van der Waals surface area contributed by atoms with Crippen molar-refractivity contribution in [1.29, 1.82) is 0 Å². The molecule has 15 heavy (non-hydrogen) atoms. The standard InChI is InChI=1S/C9H19N3O2S/c1-8(10)9(2-3-9)15(13,14)12-6-4-11-5-7-12/h8,11H,2-7,10H2,1H3. The lowest BCUT2D eigenvalue weighted by molar-refractivity contribution is 0.350. The Bertz CT molecular complexity index is 329. The van der Waals surface area contributed by atoms with Gasteiger partial charge < -0.3 is 11.1 Å². The van der Waals surface area contributed by atoms with Crippen molar-refractivity contribution in [2.45, 2.75) is 30.6 Å². The summed E-state index contributed by atoms with van der Waals surface area (Å²) in [5.74, 6) is 0. The van der Waals surface area contributed by atoms with Crippen molar-refractivity contribution in [3.05, 3.63) is 0 Å². The number of nitrogens with two attached hydrogens (primary N) is 1.